The molecule has 3 aromatic rings. The summed E-state index contributed by atoms with van der Waals surface area (Å²) in [6.45, 7) is 3.19. The van der Waals surface area contributed by atoms with Gasteiger partial charge in [0.2, 0.25) is 5.91 Å². The van der Waals surface area contributed by atoms with E-state index in [2.05, 4.69) is 26.6 Å². The lowest BCUT2D eigenvalue weighted by atomic mass is 9.96. The molecule has 2 aliphatic rings. The fourth-order valence-corrected chi connectivity index (χ4v) is 5.57. The number of nitrogens with zero attached hydrogens (tertiary/aromatic N) is 3. The Morgan fingerprint density at radius 1 is 1.09 bits per heavy atom. The van der Waals surface area contributed by atoms with Crippen molar-refractivity contribution < 1.29 is 9.53 Å². The number of hydrogen-bond donors (Lipinski definition) is 2. The fraction of sp³-hybridized carbons (Fsp3) is 0.458. The zero-order chi connectivity index (χ0) is 21.9. The van der Waals surface area contributed by atoms with Crippen molar-refractivity contribution in [2.24, 2.45) is 0 Å². The van der Waals surface area contributed by atoms with E-state index in [-0.39, 0.29) is 11.9 Å². The number of thiazole rings is 1. The molecule has 1 aliphatic heterocycles. The minimum Gasteiger partial charge on any atom is -0.457 e. The number of hydrogen-bond acceptors (Lipinski definition) is 7. The molecule has 7 nitrogen and oxygen atoms in total. The summed E-state index contributed by atoms with van der Waals surface area (Å²) in [5.41, 5.74) is 0.997. The van der Waals surface area contributed by atoms with Crippen LogP contribution in [0, 0.1) is 0 Å². The molecule has 1 saturated heterocycles. The summed E-state index contributed by atoms with van der Waals surface area (Å²) in [5, 5.41) is 7.61. The Morgan fingerprint density at radius 3 is 2.78 bits per heavy atom. The maximum Gasteiger partial charge on any atom is 0.217 e. The number of ether oxygens (including phenoxy) is 1. The molecule has 1 amide bonds. The molecule has 32 heavy (non-hydrogen) atoms. The van der Waals surface area contributed by atoms with Crippen molar-refractivity contribution in [3.63, 3.8) is 0 Å². The van der Waals surface area contributed by atoms with Crippen LogP contribution in [0.15, 0.2) is 36.5 Å². The number of anilines is 2. The van der Waals surface area contributed by atoms with Crippen LogP contribution in [-0.2, 0) is 4.79 Å². The quantitative estimate of drug-likeness (QED) is 0.552. The van der Waals surface area contributed by atoms with Gasteiger partial charge in [-0.1, -0.05) is 30.6 Å². The zero-order valence-electron chi connectivity index (χ0n) is 18.3. The third kappa shape index (κ3) is 4.96. The largest absolute Gasteiger partial charge is 0.457 e. The molecule has 0 radical (unpaired) electrons. The number of aromatic nitrogens is 2. The number of pyridine rings is 1. The van der Waals surface area contributed by atoms with Gasteiger partial charge in [0, 0.05) is 50.4 Å². The predicted octanol–water partition coefficient (Wildman–Crippen LogP) is 4.94. The van der Waals surface area contributed by atoms with Gasteiger partial charge in [0.25, 0.3) is 0 Å². The molecule has 2 N–H and O–H groups in total. The van der Waals surface area contributed by atoms with Crippen molar-refractivity contribution in [3.05, 3.63) is 36.5 Å². The molecule has 5 rings (SSSR count). The summed E-state index contributed by atoms with van der Waals surface area (Å²) in [5.74, 6) is 2.42. The van der Waals surface area contributed by atoms with Gasteiger partial charge in [0.1, 0.15) is 17.3 Å². The molecule has 1 saturated carbocycles. The van der Waals surface area contributed by atoms with Crippen LogP contribution in [0.4, 0.5) is 10.9 Å². The molecule has 2 fully saturated rings. The Labute approximate surface area is 192 Å². The number of rotatable bonds is 6. The molecular weight excluding hydrogens is 422 g/mol. The Morgan fingerprint density at radius 2 is 1.94 bits per heavy atom. The van der Waals surface area contributed by atoms with E-state index in [0.29, 0.717) is 6.04 Å². The Hall–Kier alpha value is -2.87. The fourth-order valence-electron chi connectivity index (χ4n) is 4.60. The maximum atomic E-state index is 11.3. The molecule has 0 unspecified atom stereocenters. The second kappa shape index (κ2) is 9.32. The van der Waals surface area contributed by atoms with Crippen molar-refractivity contribution in [3.8, 4) is 11.5 Å². The summed E-state index contributed by atoms with van der Waals surface area (Å²) in [7, 11) is 0. The molecule has 8 heteroatoms. The summed E-state index contributed by atoms with van der Waals surface area (Å²) in [6.07, 6.45) is 9.12. The number of benzene rings is 1. The van der Waals surface area contributed by atoms with Crippen molar-refractivity contribution in [2.45, 2.75) is 57.5 Å². The van der Waals surface area contributed by atoms with Crippen LogP contribution in [0.2, 0.25) is 0 Å². The standard InChI is InChI=1S/C24H29N5O2S/c1-16(30)26-18-10-12-29(15-18)23-14-20(9-11-25-23)31-19-7-8-21-22(13-19)32-24(28-21)27-17-5-3-2-4-6-17/h7-9,11,13-14,17-18H,2-6,10,12,15H2,1H3,(H,26,30)(H,27,28)/t18-/m1/s1. The first-order valence-corrected chi connectivity index (χ1v) is 12.3. The highest BCUT2D eigenvalue weighted by Crippen LogP contribution is 2.33. The second-order valence-corrected chi connectivity index (χ2v) is 9.74. The Bertz CT molecular complexity index is 1090. The van der Waals surface area contributed by atoms with Gasteiger partial charge < -0.3 is 20.3 Å². The van der Waals surface area contributed by atoms with E-state index in [4.69, 9.17) is 9.72 Å². The molecule has 1 aromatic carbocycles. The van der Waals surface area contributed by atoms with Crippen LogP contribution >= 0.6 is 11.3 Å². The van der Waals surface area contributed by atoms with Gasteiger partial charge >= 0.3 is 0 Å². The van der Waals surface area contributed by atoms with E-state index in [0.717, 1.165) is 52.2 Å². The van der Waals surface area contributed by atoms with E-state index >= 15 is 0 Å². The number of nitrogens with one attached hydrogen (secondary N) is 2. The Kier molecular flexibility index (Phi) is 6.12. The summed E-state index contributed by atoms with van der Waals surface area (Å²) < 4.78 is 7.28. The van der Waals surface area contributed by atoms with Gasteiger partial charge in [-0.05, 0) is 37.5 Å². The molecule has 3 heterocycles. The first-order chi connectivity index (χ1) is 15.6. The van der Waals surface area contributed by atoms with Gasteiger partial charge in [-0.3, -0.25) is 4.79 Å². The monoisotopic (exact) mass is 451 g/mol. The van der Waals surface area contributed by atoms with Crippen molar-refractivity contribution in [2.75, 3.05) is 23.3 Å². The highest BCUT2D eigenvalue weighted by Gasteiger charge is 2.24. The number of amides is 1. The highest BCUT2D eigenvalue weighted by molar-refractivity contribution is 7.22. The van der Waals surface area contributed by atoms with E-state index < -0.39 is 0 Å². The third-order valence-corrected chi connectivity index (χ3v) is 7.11. The molecule has 1 aliphatic carbocycles. The van der Waals surface area contributed by atoms with Gasteiger partial charge in [-0.15, -0.1) is 0 Å². The normalized spacial score (nSPS) is 19.3. The van der Waals surface area contributed by atoms with Gasteiger partial charge in [0.05, 0.1) is 10.2 Å². The molecule has 2 aromatic heterocycles. The first kappa shape index (κ1) is 21.0. The number of fused-ring (bicyclic) bond motifs is 1. The average molecular weight is 452 g/mol. The summed E-state index contributed by atoms with van der Waals surface area (Å²) in [4.78, 5) is 22.8. The number of carbonyl (C=O) groups is 1. The van der Waals surface area contributed by atoms with Crippen LogP contribution in [0.3, 0.4) is 0 Å². The molecule has 0 bridgehead atoms. The summed E-state index contributed by atoms with van der Waals surface area (Å²) in [6, 6.07) is 10.6. The van der Waals surface area contributed by atoms with Gasteiger partial charge in [-0.25, -0.2) is 9.97 Å². The number of carbonyl (C=O) groups excluding carboxylic acids is 1. The minimum absolute atomic E-state index is 0.0115. The second-order valence-electron chi connectivity index (χ2n) is 8.71. The van der Waals surface area contributed by atoms with Crippen LogP contribution in [0.1, 0.15) is 45.4 Å². The Balaban J connectivity index is 1.26. The van der Waals surface area contributed by atoms with E-state index in [1.165, 1.54) is 32.1 Å². The predicted molar refractivity (Wildman–Crippen MR) is 129 cm³/mol. The van der Waals surface area contributed by atoms with Crippen LogP contribution in [0.25, 0.3) is 10.2 Å². The molecule has 168 valence electrons. The van der Waals surface area contributed by atoms with Crippen LogP contribution < -0.4 is 20.3 Å². The van der Waals surface area contributed by atoms with Crippen molar-refractivity contribution in [1.82, 2.24) is 15.3 Å². The molecule has 0 spiro atoms. The van der Waals surface area contributed by atoms with Crippen LogP contribution in [-0.4, -0.2) is 41.0 Å². The van der Waals surface area contributed by atoms with Crippen molar-refractivity contribution >= 4 is 38.4 Å². The lowest BCUT2D eigenvalue weighted by molar-refractivity contribution is -0.119. The van der Waals surface area contributed by atoms with Gasteiger partial charge in [-0.2, -0.15) is 0 Å². The summed E-state index contributed by atoms with van der Waals surface area (Å²) >= 11 is 1.69. The van der Waals surface area contributed by atoms with Crippen molar-refractivity contribution in [1.29, 1.82) is 0 Å². The van der Waals surface area contributed by atoms with E-state index in [1.807, 2.05) is 24.3 Å². The lowest BCUT2D eigenvalue weighted by Gasteiger charge is -2.22. The van der Waals surface area contributed by atoms with E-state index in [9.17, 15) is 4.79 Å². The maximum absolute atomic E-state index is 11.3. The highest BCUT2D eigenvalue weighted by atomic mass is 32.1. The molecular formula is C24H29N5O2S. The SMILES string of the molecule is CC(=O)N[C@@H]1CCN(c2cc(Oc3ccc4nc(NC5CCCCC5)sc4c3)ccn2)C1. The lowest BCUT2D eigenvalue weighted by Crippen LogP contribution is -2.35. The molecule has 1 atom stereocenters. The topological polar surface area (TPSA) is 79.4 Å². The zero-order valence-corrected chi connectivity index (χ0v) is 19.2. The minimum atomic E-state index is 0.0115. The smallest absolute Gasteiger partial charge is 0.217 e. The van der Waals surface area contributed by atoms with Gasteiger partial charge in [0.15, 0.2) is 5.13 Å². The third-order valence-electron chi connectivity index (χ3n) is 6.16. The van der Waals surface area contributed by atoms with Crippen LogP contribution in [0.5, 0.6) is 11.5 Å². The average Bonchev–Trinajstić information content (AvgIpc) is 3.40. The van der Waals surface area contributed by atoms with E-state index in [1.54, 1.807) is 24.5 Å². The first-order valence-electron chi connectivity index (χ1n) is 11.5.